The summed E-state index contributed by atoms with van der Waals surface area (Å²) in [5.41, 5.74) is 5.45. The van der Waals surface area contributed by atoms with Gasteiger partial charge in [-0.25, -0.2) is 0 Å². The van der Waals surface area contributed by atoms with Crippen LogP contribution >= 0.6 is 0 Å². The van der Waals surface area contributed by atoms with E-state index in [1.807, 2.05) is 0 Å². The van der Waals surface area contributed by atoms with Gasteiger partial charge in [-0.2, -0.15) is 0 Å². The maximum atomic E-state index is 5.45. The van der Waals surface area contributed by atoms with Gasteiger partial charge in [-0.1, -0.05) is 13.8 Å². The van der Waals surface area contributed by atoms with E-state index in [9.17, 15) is 0 Å². The Hall–Kier alpha value is -0.160. The van der Waals surface area contributed by atoms with E-state index in [1.165, 1.54) is 38.9 Å². The van der Waals surface area contributed by atoms with Gasteiger partial charge in [0.1, 0.15) is 0 Å². The Morgan fingerprint density at radius 3 is 2.17 bits per heavy atom. The Bertz CT molecular complexity index is 153. The number of hydrogen-bond donors (Lipinski definition) is 3. The summed E-state index contributed by atoms with van der Waals surface area (Å²) in [4.78, 5) is 2.55. The Balaban J connectivity index is 3.29. The van der Waals surface area contributed by atoms with Gasteiger partial charge in [-0.05, 0) is 78.0 Å². The van der Waals surface area contributed by atoms with Crippen molar-refractivity contribution < 1.29 is 0 Å². The highest BCUT2D eigenvalue weighted by Crippen LogP contribution is 1.96. The first-order chi connectivity index (χ1) is 8.85. The third kappa shape index (κ3) is 12.3. The second kappa shape index (κ2) is 14.9. The molecule has 4 nitrogen and oxygen atoms in total. The van der Waals surface area contributed by atoms with E-state index in [1.54, 1.807) is 0 Å². The number of hydrogen-bond acceptors (Lipinski definition) is 4. The molecule has 0 atom stereocenters. The first-order valence-corrected chi connectivity index (χ1v) is 7.69. The van der Waals surface area contributed by atoms with Crippen molar-refractivity contribution in [1.29, 1.82) is 0 Å². The summed E-state index contributed by atoms with van der Waals surface area (Å²) in [5.74, 6) is 0. The molecule has 4 heteroatoms. The maximum absolute atomic E-state index is 5.45. The monoisotopic (exact) mass is 258 g/mol. The number of rotatable bonds is 14. The van der Waals surface area contributed by atoms with Crippen LogP contribution in [-0.4, -0.2) is 57.3 Å². The predicted molar refractivity (Wildman–Crippen MR) is 81.0 cm³/mol. The van der Waals surface area contributed by atoms with Crippen LogP contribution in [0.25, 0.3) is 0 Å². The summed E-state index contributed by atoms with van der Waals surface area (Å²) in [5, 5.41) is 6.81. The lowest BCUT2D eigenvalue weighted by Gasteiger charge is -2.20. The smallest absolute Gasteiger partial charge is 0.000676 e. The van der Waals surface area contributed by atoms with E-state index in [-0.39, 0.29) is 0 Å². The van der Waals surface area contributed by atoms with Crippen LogP contribution in [0.5, 0.6) is 0 Å². The highest BCUT2D eigenvalue weighted by Gasteiger charge is 2.01. The van der Waals surface area contributed by atoms with Crippen molar-refractivity contribution in [3.8, 4) is 0 Å². The second-order valence-corrected chi connectivity index (χ2v) is 4.74. The van der Waals surface area contributed by atoms with Crippen molar-refractivity contribution in [2.24, 2.45) is 5.73 Å². The van der Waals surface area contributed by atoms with Gasteiger partial charge >= 0.3 is 0 Å². The van der Waals surface area contributed by atoms with Crippen molar-refractivity contribution in [3.63, 3.8) is 0 Å². The summed E-state index contributed by atoms with van der Waals surface area (Å²) in [7, 11) is 0. The molecule has 0 unspecified atom stereocenters. The van der Waals surface area contributed by atoms with Crippen LogP contribution in [0, 0.1) is 0 Å². The standard InChI is InChI=1S/C14H34N4/c1-3-16-10-5-6-13-18(4-2)14-8-12-17-11-7-9-15/h16-17H,3-15H2,1-2H3. The summed E-state index contributed by atoms with van der Waals surface area (Å²) >= 11 is 0. The Morgan fingerprint density at radius 2 is 1.50 bits per heavy atom. The molecule has 4 N–H and O–H groups in total. The van der Waals surface area contributed by atoms with Gasteiger partial charge in [0.05, 0.1) is 0 Å². The minimum absolute atomic E-state index is 0.792. The third-order valence-corrected chi connectivity index (χ3v) is 3.16. The highest BCUT2D eigenvalue weighted by molar-refractivity contribution is 4.58. The average Bonchev–Trinajstić information content (AvgIpc) is 2.40. The normalized spacial score (nSPS) is 11.3. The molecule has 0 rings (SSSR count). The second-order valence-electron chi connectivity index (χ2n) is 4.74. The van der Waals surface area contributed by atoms with Crippen molar-refractivity contribution in [3.05, 3.63) is 0 Å². The molecular formula is C14H34N4. The van der Waals surface area contributed by atoms with Crippen LogP contribution in [0.15, 0.2) is 0 Å². The van der Waals surface area contributed by atoms with Crippen molar-refractivity contribution in [1.82, 2.24) is 15.5 Å². The zero-order chi connectivity index (χ0) is 13.5. The van der Waals surface area contributed by atoms with Crippen LogP contribution < -0.4 is 16.4 Å². The van der Waals surface area contributed by atoms with Gasteiger partial charge in [-0.15, -0.1) is 0 Å². The van der Waals surface area contributed by atoms with Crippen molar-refractivity contribution in [2.45, 2.75) is 39.5 Å². The molecule has 0 amide bonds. The first-order valence-electron chi connectivity index (χ1n) is 7.69. The summed E-state index contributed by atoms with van der Waals surface area (Å²) in [6, 6.07) is 0. The van der Waals surface area contributed by atoms with E-state index < -0.39 is 0 Å². The molecule has 0 heterocycles. The summed E-state index contributed by atoms with van der Waals surface area (Å²) in [6.07, 6.45) is 4.92. The molecular weight excluding hydrogens is 224 g/mol. The number of unbranched alkanes of at least 4 members (excludes halogenated alkanes) is 1. The van der Waals surface area contributed by atoms with Crippen LogP contribution in [0.2, 0.25) is 0 Å². The molecule has 0 bridgehead atoms. The Labute approximate surface area is 114 Å². The van der Waals surface area contributed by atoms with Gasteiger partial charge in [0.25, 0.3) is 0 Å². The molecule has 0 radical (unpaired) electrons. The van der Waals surface area contributed by atoms with Crippen LogP contribution in [0.1, 0.15) is 39.5 Å². The van der Waals surface area contributed by atoms with Gasteiger partial charge in [0.15, 0.2) is 0 Å². The maximum Gasteiger partial charge on any atom is -0.000676 e. The van der Waals surface area contributed by atoms with E-state index in [2.05, 4.69) is 29.4 Å². The lowest BCUT2D eigenvalue weighted by Crippen LogP contribution is -2.29. The Kier molecular flexibility index (Phi) is 14.8. The zero-order valence-electron chi connectivity index (χ0n) is 12.5. The molecule has 0 saturated heterocycles. The van der Waals surface area contributed by atoms with Crippen LogP contribution in [0.3, 0.4) is 0 Å². The molecule has 0 spiro atoms. The lowest BCUT2D eigenvalue weighted by atomic mass is 10.2. The van der Waals surface area contributed by atoms with E-state index >= 15 is 0 Å². The fraction of sp³-hybridized carbons (Fsp3) is 1.00. The summed E-state index contributed by atoms with van der Waals surface area (Å²) in [6.45, 7) is 13.3. The molecule has 110 valence electrons. The minimum Gasteiger partial charge on any atom is -0.330 e. The topological polar surface area (TPSA) is 53.3 Å². The zero-order valence-corrected chi connectivity index (χ0v) is 12.5. The average molecular weight is 258 g/mol. The van der Waals surface area contributed by atoms with Gasteiger partial charge in [0.2, 0.25) is 0 Å². The molecule has 0 aliphatic heterocycles. The van der Waals surface area contributed by atoms with E-state index in [4.69, 9.17) is 5.73 Å². The molecule has 0 aliphatic rings. The molecule has 0 aliphatic carbocycles. The SMILES string of the molecule is CCNCCCCN(CC)CCCNCCCN. The van der Waals surface area contributed by atoms with Gasteiger partial charge in [-0.3, -0.25) is 0 Å². The highest BCUT2D eigenvalue weighted by atomic mass is 15.1. The predicted octanol–water partition coefficient (Wildman–Crippen LogP) is 1.03. The van der Waals surface area contributed by atoms with Crippen LogP contribution in [0.4, 0.5) is 0 Å². The first kappa shape index (κ1) is 17.8. The van der Waals surface area contributed by atoms with Crippen LogP contribution in [-0.2, 0) is 0 Å². The summed E-state index contributed by atoms with van der Waals surface area (Å²) < 4.78 is 0. The molecule has 0 saturated carbocycles. The van der Waals surface area contributed by atoms with Crippen molar-refractivity contribution in [2.75, 3.05) is 52.4 Å². The largest absolute Gasteiger partial charge is 0.330 e. The molecule has 0 aromatic carbocycles. The van der Waals surface area contributed by atoms with Gasteiger partial charge in [0, 0.05) is 0 Å². The molecule has 18 heavy (non-hydrogen) atoms. The molecule has 0 fully saturated rings. The minimum atomic E-state index is 0.792. The fourth-order valence-corrected chi connectivity index (χ4v) is 1.97. The molecule has 0 aromatic heterocycles. The number of nitrogens with zero attached hydrogens (tertiary/aromatic N) is 1. The number of nitrogens with one attached hydrogen (secondary N) is 2. The van der Waals surface area contributed by atoms with E-state index in [0.717, 1.165) is 39.1 Å². The third-order valence-electron chi connectivity index (χ3n) is 3.16. The van der Waals surface area contributed by atoms with Gasteiger partial charge < -0.3 is 21.3 Å². The molecule has 0 aromatic rings. The van der Waals surface area contributed by atoms with Crippen molar-refractivity contribution >= 4 is 0 Å². The lowest BCUT2D eigenvalue weighted by molar-refractivity contribution is 0.276. The Morgan fingerprint density at radius 1 is 0.833 bits per heavy atom. The quantitative estimate of drug-likeness (QED) is 0.407. The fourth-order valence-electron chi connectivity index (χ4n) is 1.97. The number of nitrogens with two attached hydrogens (primary N) is 1. The van der Waals surface area contributed by atoms with E-state index in [0.29, 0.717) is 0 Å².